The van der Waals surface area contributed by atoms with Gasteiger partial charge in [0.05, 0.1) is 25.9 Å². The average Bonchev–Trinajstić information content (AvgIpc) is 3.02. The first kappa shape index (κ1) is 39.7. The summed E-state index contributed by atoms with van der Waals surface area (Å²) >= 11 is 0. The van der Waals surface area contributed by atoms with Crippen molar-refractivity contribution >= 4 is 35.5 Å². The number of carbonyl (C=O) groups is 6. The van der Waals surface area contributed by atoms with Crippen LogP contribution in [0.5, 0.6) is 5.75 Å². The van der Waals surface area contributed by atoms with Crippen LogP contribution in [0.25, 0.3) is 0 Å². The van der Waals surface area contributed by atoms with E-state index in [2.05, 4.69) is 26.6 Å². The lowest BCUT2D eigenvalue weighted by Gasteiger charge is -2.28. The smallest absolute Gasteiger partial charge is 0.328 e. The molecule has 0 aliphatic heterocycles. The lowest BCUT2D eigenvalue weighted by molar-refractivity contribution is -0.143. The third-order valence-electron chi connectivity index (χ3n) is 7.25. The summed E-state index contributed by atoms with van der Waals surface area (Å²) in [6.45, 7) is 4.07. The normalized spacial score (nSPS) is 15.7. The maximum atomic E-state index is 13.1. The quantitative estimate of drug-likeness (QED) is 0.0691. The van der Waals surface area contributed by atoms with Crippen LogP contribution >= 0.6 is 0 Å². The minimum absolute atomic E-state index is 0.0782. The lowest BCUT2D eigenvalue weighted by atomic mass is 9.96. The molecule has 17 heteroatoms. The van der Waals surface area contributed by atoms with E-state index in [1.165, 1.54) is 24.3 Å². The number of carboxylic acid groups (broad SMARTS) is 1. The Bertz CT molecular complexity index is 1200. The Morgan fingerprint density at radius 1 is 0.674 bits per heavy atom. The van der Waals surface area contributed by atoms with Crippen molar-refractivity contribution in [3.8, 4) is 5.75 Å². The van der Waals surface area contributed by atoms with Gasteiger partial charge in [0.15, 0.2) is 0 Å². The fraction of sp³-hybridized carbons (Fsp3) is 0.586. The number of aliphatic hydroxyl groups is 3. The van der Waals surface area contributed by atoms with Gasteiger partial charge in [0.2, 0.25) is 29.5 Å². The van der Waals surface area contributed by atoms with Gasteiger partial charge in [0.1, 0.15) is 36.0 Å². The number of aliphatic carboxylic acids is 1. The van der Waals surface area contributed by atoms with Gasteiger partial charge in [-0.15, -0.1) is 0 Å². The van der Waals surface area contributed by atoms with E-state index in [0.717, 1.165) is 0 Å². The van der Waals surface area contributed by atoms with E-state index in [1.54, 1.807) is 27.7 Å². The molecule has 17 nitrogen and oxygen atoms in total. The van der Waals surface area contributed by atoms with Crippen LogP contribution in [0, 0.1) is 11.8 Å². The number of aliphatic hydroxyl groups excluding tert-OH is 3. The number of phenolic OH excluding ortho intramolecular Hbond substituents is 1. The van der Waals surface area contributed by atoms with Crippen LogP contribution in [0.15, 0.2) is 24.3 Å². The van der Waals surface area contributed by atoms with Gasteiger partial charge in [-0.2, -0.15) is 0 Å². The average molecular weight is 655 g/mol. The second-order valence-corrected chi connectivity index (χ2v) is 11.1. The number of hydrogen-bond acceptors (Lipinski definition) is 11. The van der Waals surface area contributed by atoms with Gasteiger partial charge < -0.3 is 57.9 Å². The molecule has 258 valence electrons. The Morgan fingerprint density at radius 3 is 1.54 bits per heavy atom. The molecule has 0 fully saturated rings. The minimum atomic E-state index is -1.70. The first-order valence-corrected chi connectivity index (χ1v) is 14.7. The van der Waals surface area contributed by atoms with Gasteiger partial charge in [0, 0.05) is 6.42 Å². The van der Waals surface area contributed by atoms with Crippen LogP contribution in [-0.4, -0.2) is 117 Å². The van der Waals surface area contributed by atoms with Crippen molar-refractivity contribution in [3.05, 3.63) is 29.8 Å². The zero-order valence-corrected chi connectivity index (χ0v) is 26.2. The summed E-state index contributed by atoms with van der Waals surface area (Å²) in [4.78, 5) is 75.9. The molecular formula is C29H46N6O11. The molecule has 0 spiro atoms. The highest BCUT2D eigenvalue weighted by atomic mass is 16.4. The van der Waals surface area contributed by atoms with Gasteiger partial charge in [0.25, 0.3) is 0 Å². The summed E-state index contributed by atoms with van der Waals surface area (Å²) in [5, 5.41) is 59.2. The van der Waals surface area contributed by atoms with Crippen LogP contribution < -0.4 is 32.3 Å². The maximum Gasteiger partial charge on any atom is 0.328 e. The summed E-state index contributed by atoms with van der Waals surface area (Å²) in [6, 6.07) is -2.99. The first-order valence-electron chi connectivity index (χ1n) is 14.7. The number of nitrogens with one attached hydrogen (secondary N) is 5. The predicted octanol–water partition coefficient (Wildman–Crippen LogP) is -3.55. The summed E-state index contributed by atoms with van der Waals surface area (Å²) in [5.41, 5.74) is 6.32. The molecule has 0 heterocycles. The highest BCUT2D eigenvalue weighted by molar-refractivity contribution is 5.96. The third-order valence-corrected chi connectivity index (χ3v) is 7.25. The Labute approximate surface area is 266 Å². The van der Waals surface area contributed by atoms with Gasteiger partial charge in [-0.25, -0.2) is 4.79 Å². The molecule has 7 atom stereocenters. The maximum absolute atomic E-state index is 13.1. The van der Waals surface area contributed by atoms with Crippen LogP contribution in [0.2, 0.25) is 0 Å². The summed E-state index contributed by atoms with van der Waals surface area (Å²) in [6.07, 6.45) is 0.239. The molecule has 0 saturated carbocycles. The SMILES string of the molecule is CC[C@H](C)[C@H](NC(=O)[C@@H](N)C(C)C)C(=O)N[C@@H](CO)C(=O)N[C@@H](CO)C(=O)N[C@@H](Cc1ccc(O)cc1)C(=O)N[C@@H](CO)C(=O)O. The molecule has 1 aromatic carbocycles. The fourth-order valence-electron chi connectivity index (χ4n) is 3.98. The van der Waals surface area contributed by atoms with Crippen LogP contribution in [-0.2, 0) is 35.2 Å². The molecule has 12 N–H and O–H groups in total. The molecule has 0 aliphatic carbocycles. The highest BCUT2D eigenvalue weighted by Crippen LogP contribution is 2.12. The molecule has 5 amide bonds. The molecule has 0 aliphatic rings. The Kier molecular flexibility index (Phi) is 16.6. The zero-order valence-electron chi connectivity index (χ0n) is 26.2. The zero-order chi connectivity index (χ0) is 35.1. The number of aromatic hydroxyl groups is 1. The van der Waals surface area contributed by atoms with Crippen LogP contribution in [0.4, 0.5) is 0 Å². The van der Waals surface area contributed by atoms with Crippen molar-refractivity contribution in [2.75, 3.05) is 19.8 Å². The predicted molar refractivity (Wildman–Crippen MR) is 163 cm³/mol. The van der Waals surface area contributed by atoms with Gasteiger partial charge >= 0.3 is 5.97 Å². The Morgan fingerprint density at radius 2 is 1.11 bits per heavy atom. The number of carbonyl (C=O) groups excluding carboxylic acids is 5. The lowest BCUT2D eigenvalue weighted by Crippen LogP contribution is -2.61. The Hall–Kier alpha value is -4.32. The first-order chi connectivity index (χ1) is 21.6. The molecule has 46 heavy (non-hydrogen) atoms. The van der Waals surface area contributed by atoms with Gasteiger partial charge in [-0.05, 0) is 29.5 Å². The molecule has 0 bridgehead atoms. The summed E-state index contributed by atoms with van der Waals surface area (Å²) < 4.78 is 0. The van der Waals surface area contributed by atoms with Crippen molar-refractivity contribution in [2.45, 2.75) is 76.8 Å². The van der Waals surface area contributed by atoms with Crippen molar-refractivity contribution in [3.63, 3.8) is 0 Å². The topological polar surface area (TPSA) is 290 Å². The van der Waals surface area contributed by atoms with Crippen molar-refractivity contribution < 1.29 is 54.3 Å². The fourth-order valence-corrected chi connectivity index (χ4v) is 3.98. The summed E-state index contributed by atoms with van der Waals surface area (Å²) in [5.74, 6) is -6.81. The van der Waals surface area contributed by atoms with Gasteiger partial charge in [-0.1, -0.05) is 46.2 Å². The van der Waals surface area contributed by atoms with E-state index in [9.17, 15) is 54.3 Å². The third kappa shape index (κ3) is 12.2. The molecular weight excluding hydrogens is 608 g/mol. The van der Waals surface area contributed by atoms with E-state index >= 15 is 0 Å². The standard InChI is InChI=1S/C29H46N6O11/c1-5-15(4)23(35-27(43)22(30)14(2)3)28(44)33-20(12-37)26(42)32-19(11-36)25(41)31-18(10-16-6-8-17(39)9-7-16)24(40)34-21(13-38)29(45)46/h6-9,14-15,18-23,36-39H,5,10-13,30H2,1-4H3,(H,31,41)(H,32,42)(H,33,44)(H,34,40)(H,35,43)(H,45,46)/t15-,18-,19-,20-,21-,22-,23-/m0/s1. The molecule has 0 saturated heterocycles. The number of amides is 5. The van der Waals surface area contributed by atoms with E-state index in [-0.39, 0.29) is 18.1 Å². The second-order valence-electron chi connectivity index (χ2n) is 11.1. The monoisotopic (exact) mass is 654 g/mol. The van der Waals surface area contributed by atoms with Crippen LogP contribution in [0.1, 0.15) is 39.7 Å². The van der Waals surface area contributed by atoms with E-state index in [4.69, 9.17) is 5.73 Å². The van der Waals surface area contributed by atoms with Crippen LogP contribution in [0.3, 0.4) is 0 Å². The second kappa shape index (κ2) is 19.3. The highest BCUT2D eigenvalue weighted by Gasteiger charge is 2.34. The van der Waals surface area contributed by atoms with E-state index in [1.807, 2.05) is 0 Å². The number of benzene rings is 1. The molecule has 0 unspecified atom stereocenters. The minimum Gasteiger partial charge on any atom is -0.508 e. The molecule has 0 aromatic heterocycles. The number of rotatable bonds is 19. The van der Waals surface area contributed by atoms with Gasteiger partial charge in [-0.3, -0.25) is 24.0 Å². The number of nitrogens with two attached hydrogens (primary N) is 1. The molecule has 1 aromatic rings. The molecule has 1 rings (SSSR count). The number of phenols is 1. The van der Waals surface area contributed by atoms with E-state index in [0.29, 0.717) is 12.0 Å². The number of hydrogen-bond donors (Lipinski definition) is 11. The molecule has 0 radical (unpaired) electrons. The largest absolute Gasteiger partial charge is 0.508 e. The van der Waals surface area contributed by atoms with E-state index < -0.39 is 97.5 Å². The Balaban J connectivity index is 3.10. The summed E-state index contributed by atoms with van der Waals surface area (Å²) in [7, 11) is 0. The van der Waals surface area contributed by atoms with Crippen molar-refractivity contribution in [1.29, 1.82) is 0 Å². The van der Waals surface area contributed by atoms with Crippen molar-refractivity contribution in [2.24, 2.45) is 17.6 Å². The van der Waals surface area contributed by atoms with Crippen molar-refractivity contribution in [1.82, 2.24) is 26.6 Å². The number of carboxylic acids is 1.